The standard InChI is InChI=1S/C23H38N10O4.C2HF3O2/c1-30-20(35)15(12-13-6-8-14(9-7-13)18(25)26)21(36)33-17(4-2-10-24)22(37)32-16(19(27)34)5-3-11-31-23(28)29;3-2(4,5)1(6)7/h6-9,15-17H,2-5,10-12,24H2,1H3,(H3,25,26)(H2,27,34)(H,30,35)(H,32,37)(H,33,36)(H4,28,29,31);(H,6,7)/t15?,16-,17-;/m0./s1. The molecule has 1 rings (SSSR count). The van der Waals surface area contributed by atoms with Gasteiger partial charge in [-0.1, -0.05) is 24.3 Å². The highest BCUT2D eigenvalue weighted by Gasteiger charge is 2.38. The molecule has 1 unspecified atom stereocenters. The van der Waals surface area contributed by atoms with Crippen molar-refractivity contribution in [2.75, 3.05) is 20.1 Å². The van der Waals surface area contributed by atoms with Crippen molar-refractivity contribution in [2.45, 2.75) is 50.4 Å². The van der Waals surface area contributed by atoms with E-state index in [9.17, 15) is 32.3 Å². The molecule has 1 aromatic carbocycles. The summed E-state index contributed by atoms with van der Waals surface area (Å²) in [6.45, 7) is 0.509. The summed E-state index contributed by atoms with van der Waals surface area (Å²) in [5.41, 5.74) is 28.2. The van der Waals surface area contributed by atoms with Gasteiger partial charge in [0.05, 0.1) is 0 Å². The Morgan fingerprint density at radius 2 is 1.43 bits per heavy atom. The molecule has 0 aromatic heterocycles. The summed E-state index contributed by atoms with van der Waals surface area (Å²) in [5, 5.41) is 22.2. The third-order valence-corrected chi connectivity index (χ3v) is 5.76. The molecular weight excluding hydrogens is 593 g/mol. The number of benzene rings is 1. The van der Waals surface area contributed by atoms with Crippen LogP contribution in [0.25, 0.3) is 0 Å². The zero-order chi connectivity index (χ0) is 34.0. The largest absolute Gasteiger partial charge is 0.490 e. The van der Waals surface area contributed by atoms with Crippen LogP contribution in [0.1, 0.15) is 36.8 Å². The molecular formula is C25H39F3N10O6. The summed E-state index contributed by atoms with van der Waals surface area (Å²) in [6.07, 6.45) is -3.88. The molecule has 0 bridgehead atoms. The molecule has 15 N–H and O–H groups in total. The first-order chi connectivity index (χ1) is 20.4. The van der Waals surface area contributed by atoms with Crippen LogP contribution in [-0.2, 0) is 30.4 Å². The number of aliphatic carboxylic acids is 1. The Hall–Kier alpha value is -4.94. The fourth-order valence-corrected chi connectivity index (χ4v) is 3.46. The van der Waals surface area contributed by atoms with E-state index in [1.807, 2.05) is 0 Å². The van der Waals surface area contributed by atoms with E-state index in [1.54, 1.807) is 24.3 Å². The number of aliphatic imine (C=N–C) groups is 1. The number of nitrogens with one attached hydrogen (secondary N) is 4. The second-order valence-electron chi connectivity index (χ2n) is 9.19. The molecule has 1 aromatic rings. The van der Waals surface area contributed by atoms with Gasteiger partial charge in [-0.25, -0.2) is 4.79 Å². The minimum atomic E-state index is -5.08. The van der Waals surface area contributed by atoms with Crippen molar-refractivity contribution in [2.24, 2.45) is 39.6 Å². The van der Waals surface area contributed by atoms with Gasteiger partial charge in [-0.3, -0.25) is 29.6 Å². The third-order valence-electron chi connectivity index (χ3n) is 5.76. The third kappa shape index (κ3) is 15.3. The normalized spacial score (nSPS) is 12.7. The minimum absolute atomic E-state index is 0.0453. The number of carboxylic acids is 1. The number of hydrogen-bond acceptors (Lipinski definition) is 8. The van der Waals surface area contributed by atoms with Gasteiger partial charge in [0.15, 0.2) is 5.96 Å². The summed E-state index contributed by atoms with van der Waals surface area (Å²) in [4.78, 5) is 63.2. The first-order valence-corrected chi connectivity index (χ1v) is 13.0. The molecule has 16 nitrogen and oxygen atoms in total. The molecule has 0 fully saturated rings. The summed E-state index contributed by atoms with van der Waals surface area (Å²) in [6, 6.07) is 4.50. The summed E-state index contributed by atoms with van der Waals surface area (Å²) in [5.74, 6) is -6.69. The zero-order valence-corrected chi connectivity index (χ0v) is 23.9. The van der Waals surface area contributed by atoms with Crippen LogP contribution in [0.2, 0.25) is 0 Å². The van der Waals surface area contributed by atoms with Crippen molar-refractivity contribution < 1.29 is 42.3 Å². The molecule has 0 saturated carbocycles. The first kappa shape index (κ1) is 39.1. The Morgan fingerprint density at radius 3 is 1.86 bits per heavy atom. The highest BCUT2D eigenvalue weighted by molar-refractivity contribution is 6.02. The van der Waals surface area contributed by atoms with Gasteiger partial charge in [0.2, 0.25) is 23.6 Å². The maximum Gasteiger partial charge on any atom is 0.490 e. The van der Waals surface area contributed by atoms with Crippen molar-refractivity contribution in [3.05, 3.63) is 35.4 Å². The molecule has 44 heavy (non-hydrogen) atoms. The number of alkyl halides is 3. The van der Waals surface area contributed by atoms with E-state index in [0.29, 0.717) is 24.0 Å². The number of carbonyl (C=O) groups is 5. The number of primary amides is 1. The Labute approximate surface area is 250 Å². The van der Waals surface area contributed by atoms with Crippen LogP contribution in [0.15, 0.2) is 29.3 Å². The molecule has 0 aliphatic rings. The molecule has 0 spiro atoms. The lowest BCUT2D eigenvalue weighted by Gasteiger charge is -2.24. The first-order valence-electron chi connectivity index (χ1n) is 13.0. The van der Waals surface area contributed by atoms with Crippen LogP contribution in [0.5, 0.6) is 0 Å². The molecule has 19 heteroatoms. The van der Waals surface area contributed by atoms with Gasteiger partial charge in [0.1, 0.15) is 23.8 Å². The number of guanidine groups is 1. The fraction of sp³-hybridized carbons (Fsp3) is 0.480. The van der Waals surface area contributed by atoms with Crippen molar-refractivity contribution in [3.63, 3.8) is 0 Å². The number of halogens is 3. The predicted molar refractivity (Wildman–Crippen MR) is 154 cm³/mol. The Balaban J connectivity index is 0.00000234. The summed E-state index contributed by atoms with van der Waals surface area (Å²) in [7, 11) is 1.40. The predicted octanol–water partition coefficient (Wildman–Crippen LogP) is -2.24. The molecule has 4 amide bonds. The van der Waals surface area contributed by atoms with Crippen molar-refractivity contribution in [1.29, 1.82) is 5.41 Å². The van der Waals surface area contributed by atoms with Crippen LogP contribution in [0.4, 0.5) is 13.2 Å². The average molecular weight is 633 g/mol. The van der Waals surface area contributed by atoms with E-state index >= 15 is 0 Å². The van der Waals surface area contributed by atoms with E-state index in [2.05, 4.69) is 20.9 Å². The molecule has 246 valence electrons. The number of amidine groups is 1. The number of nitrogens with zero attached hydrogens (tertiary/aromatic N) is 1. The average Bonchev–Trinajstić information content (AvgIpc) is 2.94. The zero-order valence-electron chi connectivity index (χ0n) is 23.9. The fourth-order valence-electron chi connectivity index (χ4n) is 3.46. The SMILES string of the molecule is CNC(=O)C(Cc1ccc(C(=N)N)cc1)C(=O)N[C@@H](CCCN)C(=O)N[C@@H](CCCN=C(N)N)C(N)=O.O=C(O)C(F)(F)F. The Morgan fingerprint density at radius 1 is 0.909 bits per heavy atom. The molecule has 3 atom stereocenters. The molecule has 0 saturated heterocycles. The number of amides is 4. The second kappa shape index (κ2) is 19.3. The van der Waals surface area contributed by atoms with Crippen molar-refractivity contribution >= 4 is 41.4 Å². The number of nitrogens with two attached hydrogens (primary N) is 5. The number of carbonyl (C=O) groups excluding carboxylic acids is 4. The topological polar surface area (TPSA) is 308 Å². The van der Waals surface area contributed by atoms with Crippen LogP contribution < -0.4 is 44.6 Å². The summed E-state index contributed by atoms with van der Waals surface area (Å²) >= 11 is 0. The van der Waals surface area contributed by atoms with Crippen molar-refractivity contribution in [1.82, 2.24) is 16.0 Å². The summed E-state index contributed by atoms with van der Waals surface area (Å²) < 4.78 is 31.7. The molecule has 0 heterocycles. The minimum Gasteiger partial charge on any atom is -0.475 e. The van der Waals surface area contributed by atoms with Crippen LogP contribution >= 0.6 is 0 Å². The van der Waals surface area contributed by atoms with Gasteiger partial charge < -0.3 is 49.7 Å². The Kier molecular flexibility index (Phi) is 17.1. The molecule has 0 aliphatic carbocycles. The smallest absolute Gasteiger partial charge is 0.475 e. The van der Waals surface area contributed by atoms with Gasteiger partial charge >= 0.3 is 12.1 Å². The molecule has 0 radical (unpaired) electrons. The van der Waals surface area contributed by atoms with E-state index in [1.165, 1.54) is 7.05 Å². The van der Waals surface area contributed by atoms with E-state index < -0.39 is 53.8 Å². The molecule has 0 aliphatic heterocycles. The van der Waals surface area contributed by atoms with Gasteiger partial charge in [-0.2, -0.15) is 13.2 Å². The highest BCUT2D eigenvalue weighted by Crippen LogP contribution is 2.14. The number of carboxylic acid groups (broad SMARTS) is 1. The van der Waals surface area contributed by atoms with E-state index in [-0.39, 0.29) is 44.1 Å². The highest BCUT2D eigenvalue weighted by atomic mass is 19.4. The van der Waals surface area contributed by atoms with Crippen LogP contribution in [-0.4, -0.2) is 84.9 Å². The van der Waals surface area contributed by atoms with E-state index in [4.69, 9.17) is 44.0 Å². The second-order valence-corrected chi connectivity index (χ2v) is 9.19. The lowest BCUT2D eigenvalue weighted by Crippen LogP contribution is -2.55. The van der Waals surface area contributed by atoms with Gasteiger partial charge in [-0.05, 0) is 44.2 Å². The van der Waals surface area contributed by atoms with Crippen LogP contribution in [0.3, 0.4) is 0 Å². The number of rotatable bonds is 16. The monoisotopic (exact) mass is 632 g/mol. The van der Waals surface area contributed by atoms with Gasteiger partial charge in [-0.15, -0.1) is 0 Å². The maximum atomic E-state index is 13.1. The van der Waals surface area contributed by atoms with Gasteiger partial charge in [0.25, 0.3) is 0 Å². The Bertz CT molecular complexity index is 1170. The van der Waals surface area contributed by atoms with Crippen molar-refractivity contribution in [3.8, 4) is 0 Å². The number of nitrogen functional groups attached to an aromatic ring is 1. The lowest BCUT2D eigenvalue weighted by atomic mass is 9.96. The van der Waals surface area contributed by atoms with E-state index in [0.717, 1.165) is 0 Å². The van der Waals surface area contributed by atoms with Gasteiger partial charge in [0, 0.05) is 19.2 Å². The quantitative estimate of drug-likeness (QED) is 0.0404. The number of hydrogen-bond donors (Lipinski definition) is 10. The lowest BCUT2D eigenvalue weighted by molar-refractivity contribution is -0.192. The maximum absolute atomic E-state index is 13.1. The van der Waals surface area contributed by atoms with Crippen LogP contribution in [0, 0.1) is 11.3 Å².